The molecule has 1 aromatic heterocycles. The van der Waals surface area contributed by atoms with Crippen LogP contribution in [-0.4, -0.2) is 23.2 Å². The summed E-state index contributed by atoms with van der Waals surface area (Å²) in [6.07, 6.45) is 2.24. The zero-order chi connectivity index (χ0) is 10.2. The van der Waals surface area contributed by atoms with E-state index < -0.39 is 0 Å². The van der Waals surface area contributed by atoms with Crippen molar-refractivity contribution in [2.45, 2.75) is 26.2 Å². The van der Waals surface area contributed by atoms with Crippen LogP contribution in [0, 0.1) is 18.3 Å². The molecule has 0 aliphatic rings. The largest absolute Gasteiger partial charge is 0.339 e. The normalized spacial score (nSPS) is 10.0. The highest BCUT2D eigenvalue weighted by atomic mass is 16.5. The van der Waals surface area contributed by atoms with E-state index in [4.69, 9.17) is 9.78 Å². The number of rotatable bonds is 6. The van der Waals surface area contributed by atoms with Crippen molar-refractivity contribution < 1.29 is 4.52 Å². The fraction of sp³-hybridized carbons (Fsp3) is 0.667. The Morgan fingerprint density at radius 2 is 2.36 bits per heavy atom. The van der Waals surface area contributed by atoms with Crippen LogP contribution in [0.3, 0.4) is 0 Å². The molecule has 1 rings (SSSR count). The molecule has 1 N–H and O–H groups in total. The average Bonchev–Trinajstić information content (AvgIpc) is 2.58. The highest BCUT2D eigenvalue weighted by Gasteiger charge is 2.00. The maximum atomic E-state index is 8.29. The lowest BCUT2D eigenvalue weighted by Gasteiger charge is -1.98. The third-order valence-corrected chi connectivity index (χ3v) is 1.73. The van der Waals surface area contributed by atoms with Gasteiger partial charge in [0.05, 0.1) is 6.07 Å². The molecule has 76 valence electrons. The first kappa shape index (κ1) is 10.7. The van der Waals surface area contributed by atoms with Crippen molar-refractivity contribution in [1.82, 2.24) is 15.5 Å². The topological polar surface area (TPSA) is 74.7 Å². The lowest BCUT2D eigenvalue weighted by atomic mass is 10.3. The second-order valence-corrected chi connectivity index (χ2v) is 3.00. The van der Waals surface area contributed by atoms with Crippen LogP contribution in [0.1, 0.15) is 24.6 Å². The molecule has 1 aromatic rings. The van der Waals surface area contributed by atoms with Crippen LogP contribution < -0.4 is 5.32 Å². The summed E-state index contributed by atoms with van der Waals surface area (Å²) >= 11 is 0. The predicted molar refractivity (Wildman–Crippen MR) is 50.5 cm³/mol. The number of aromatic nitrogens is 2. The van der Waals surface area contributed by atoms with E-state index in [0.717, 1.165) is 25.9 Å². The summed E-state index contributed by atoms with van der Waals surface area (Å²) in [5.74, 6) is 1.33. The van der Waals surface area contributed by atoms with Crippen molar-refractivity contribution in [2.75, 3.05) is 13.1 Å². The first-order valence-electron chi connectivity index (χ1n) is 4.70. The van der Waals surface area contributed by atoms with Gasteiger partial charge in [-0.2, -0.15) is 10.2 Å². The Bertz CT molecular complexity index is 302. The molecule has 0 aliphatic carbocycles. The molecule has 0 radical (unpaired) electrons. The molecule has 0 saturated carbocycles. The van der Waals surface area contributed by atoms with Gasteiger partial charge < -0.3 is 9.84 Å². The Hall–Kier alpha value is -1.41. The van der Waals surface area contributed by atoms with Crippen LogP contribution in [0.4, 0.5) is 0 Å². The molecule has 1 heterocycles. The first-order valence-corrected chi connectivity index (χ1v) is 4.70. The molecule has 0 bridgehead atoms. The maximum Gasteiger partial charge on any atom is 0.227 e. The van der Waals surface area contributed by atoms with Crippen LogP contribution in [0.15, 0.2) is 4.52 Å². The quantitative estimate of drug-likeness (QED) is 0.678. The second kappa shape index (κ2) is 6.11. The molecule has 0 aromatic carbocycles. The summed E-state index contributed by atoms with van der Waals surface area (Å²) in [5.41, 5.74) is 0. The van der Waals surface area contributed by atoms with Gasteiger partial charge >= 0.3 is 0 Å². The molecule has 0 saturated heterocycles. The highest BCUT2D eigenvalue weighted by Crippen LogP contribution is 1.95. The van der Waals surface area contributed by atoms with Gasteiger partial charge in [0.2, 0.25) is 5.89 Å². The van der Waals surface area contributed by atoms with E-state index >= 15 is 0 Å². The summed E-state index contributed by atoms with van der Waals surface area (Å²) in [6.45, 7) is 3.47. The molecule has 14 heavy (non-hydrogen) atoms. The Morgan fingerprint density at radius 3 is 3.00 bits per heavy atom. The first-order chi connectivity index (χ1) is 6.83. The molecule has 0 spiro atoms. The fourth-order valence-corrected chi connectivity index (χ4v) is 1.05. The third-order valence-electron chi connectivity index (χ3n) is 1.73. The monoisotopic (exact) mass is 194 g/mol. The van der Waals surface area contributed by atoms with Crippen LogP contribution >= 0.6 is 0 Å². The number of nitrogens with zero attached hydrogens (tertiary/aromatic N) is 3. The van der Waals surface area contributed by atoms with Crippen LogP contribution in [0.25, 0.3) is 0 Å². The molecule has 5 heteroatoms. The van der Waals surface area contributed by atoms with Crippen molar-refractivity contribution in [3.8, 4) is 6.07 Å². The van der Waals surface area contributed by atoms with Crippen molar-refractivity contribution in [3.05, 3.63) is 11.7 Å². The van der Waals surface area contributed by atoms with E-state index in [0.29, 0.717) is 18.1 Å². The Kier molecular flexibility index (Phi) is 4.65. The number of aryl methyl sites for hydroxylation is 1. The summed E-state index contributed by atoms with van der Waals surface area (Å²) in [4.78, 5) is 4.07. The van der Waals surface area contributed by atoms with Crippen LogP contribution in [0.2, 0.25) is 0 Å². The van der Waals surface area contributed by atoms with Gasteiger partial charge in [-0.3, -0.25) is 0 Å². The summed E-state index contributed by atoms with van der Waals surface area (Å²) in [6, 6.07) is 2.10. The van der Waals surface area contributed by atoms with Gasteiger partial charge in [-0.15, -0.1) is 0 Å². The fourth-order valence-electron chi connectivity index (χ4n) is 1.05. The van der Waals surface area contributed by atoms with Gasteiger partial charge in [0.15, 0.2) is 5.82 Å². The molecule has 0 aliphatic heterocycles. The highest BCUT2D eigenvalue weighted by molar-refractivity contribution is 4.83. The average molecular weight is 194 g/mol. The number of hydrogen-bond donors (Lipinski definition) is 1. The van der Waals surface area contributed by atoms with E-state index in [9.17, 15) is 0 Å². The molecule has 5 nitrogen and oxygen atoms in total. The summed E-state index contributed by atoms with van der Waals surface area (Å²) < 4.78 is 4.94. The second-order valence-electron chi connectivity index (χ2n) is 3.00. The van der Waals surface area contributed by atoms with Crippen molar-refractivity contribution in [1.29, 1.82) is 5.26 Å². The Morgan fingerprint density at radius 1 is 1.50 bits per heavy atom. The van der Waals surface area contributed by atoms with Crippen LogP contribution in [-0.2, 0) is 6.42 Å². The molecule has 0 fully saturated rings. The Labute approximate surface area is 83.1 Å². The molecule has 0 unspecified atom stereocenters. The van der Waals surface area contributed by atoms with Gasteiger partial charge in [-0.05, 0) is 19.9 Å². The van der Waals surface area contributed by atoms with Crippen molar-refractivity contribution in [3.63, 3.8) is 0 Å². The van der Waals surface area contributed by atoms with E-state index in [1.54, 1.807) is 6.92 Å². The number of nitriles is 1. The van der Waals surface area contributed by atoms with Gasteiger partial charge in [-0.25, -0.2) is 0 Å². The minimum absolute atomic E-state index is 0.604. The minimum Gasteiger partial charge on any atom is -0.339 e. The lowest BCUT2D eigenvalue weighted by Crippen LogP contribution is -2.18. The van der Waals surface area contributed by atoms with E-state index in [1.165, 1.54) is 0 Å². The minimum atomic E-state index is 0.604. The molecular formula is C9H14N4O. The van der Waals surface area contributed by atoms with E-state index in [1.807, 2.05) is 0 Å². The molecule has 0 amide bonds. The molecule has 0 atom stereocenters. The van der Waals surface area contributed by atoms with E-state index in [2.05, 4.69) is 21.5 Å². The number of unbranched alkanes of at least 4 members (excludes halogenated alkanes) is 1. The van der Waals surface area contributed by atoms with Gasteiger partial charge in [0, 0.05) is 19.4 Å². The van der Waals surface area contributed by atoms with Gasteiger partial charge in [0.1, 0.15) is 0 Å². The van der Waals surface area contributed by atoms with Crippen molar-refractivity contribution >= 4 is 0 Å². The number of nitrogens with one attached hydrogen (secondary N) is 1. The van der Waals surface area contributed by atoms with E-state index in [-0.39, 0.29) is 0 Å². The smallest absolute Gasteiger partial charge is 0.227 e. The lowest BCUT2D eigenvalue weighted by molar-refractivity contribution is 0.372. The summed E-state index contributed by atoms with van der Waals surface area (Å²) in [5, 5.41) is 15.2. The van der Waals surface area contributed by atoms with Crippen molar-refractivity contribution in [2.24, 2.45) is 0 Å². The predicted octanol–water partition coefficient (Wildman–Crippen LogP) is 0.814. The number of hydrogen-bond acceptors (Lipinski definition) is 5. The summed E-state index contributed by atoms with van der Waals surface area (Å²) in [7, 11) is 0. The third kappa shape index (κ3) is 4.01. The maximum absolute atomic E-state index is 8.29. The molecular weight excluding hydrogens is 180 g/mol. The van der Waals surface area contributed by atoms with Gasteiger partial charge in [-0.1, -0.05) is 5.16 Å². The van der Waals surface area contributed by atoms with Crippen LogP contribution in [0.5, 0.6) is 0 Å². The zero-order valence-corrected chi connectivity index (χ0v) is 8.29. The van der Waals surface area contributed by atoms with Gasteiger partial charge in [0.25, 0.3) is 0 Å². The standard InChI is InChI=1S/C9H14N4O/c1-8-12-9(14-13-8)4-7-11-6-3-2-5-10/h11H,2-4,6-7H2,1H3. The SMILES string of the molecule is Cc1noc(CCNCCCC#N)n1. The zero-order valence-electron chi connectivity index (χ0n) is 8.29. The Balaban J connectivity index is 2.02.